The van der Waals surface area contributed by atoms with Gasteiger partial charge >= 0.3 is 0 Å². The lowest BCUT2D eigenvalue weighted by molar-refractivity contribution is 0.103. The molecule has 1 aliphatic carbocycles. The fraction of sp³-hybridized carbons (Fsp3) is 0.0575. The maximum atomic E-state index is 6.46. The summed E-state index contributed by atoms with van der Waals surface area (Å²) < 4.78 is 15.3. The van der Waals surface area contributed by atoms with Crippen molar-refractivity contribution >= 4 is 51.0 Å². The zero-order valence-corrected chi connectivity index (χ0v) is 50.6. The SMILES string of the molecule is C=Cc1ccc(COCc2cc(COCc3ccc(C=C)cc3)cc(-n3c4ccccc4c4cc(-c5ccc6c(c5)C(c5ccccc5)(c5ccccc5)c5cc(N(c7ccc(-c8ccccc8)cc7)c7ccc(-c8ccccc8)cc7)ccc5-6)ccc43)c2)cc1. The molecule has 91 heavy (non-hydrogen) atoms. The Morgan fingerprint density at radius 1 is 0.319 bits per heavy atom. The molecule has 0 spiro atoms. The van der Waals surface area contributed by atoms with Crippen LogP contribution in [-0.4, -0.2) is 4.57 Å². The molecule has 0 amide bonds. The number of anilines is 3. The van der Waals surface area contributed by atoms with Gasteiger partial charge in [-0.3, -0.25) is 0 Å². The Bertz CT molecular complexity index is 4720. The van der Waals surface area contributed by atoms with Crippen molar-refractivity contribution < 1.29 is 9.47 Å². The van der Waals surface area contributed by atoms with Crippen molar-refractivity contribution in [2.24, 2.45) is 0 Å². The van der Waals surface area contributed by atoms with Crippen molar-refractivity contribution in [3.63, 3.8) is 0 Å². The average Bonchev–Trinajstić information content (AvgIpc) is 1.56. The van der Waals surface area contributed by atoms with Crippen LogP contribution < -0.4 is 4.90 Å². The van der Waals surface area contributed by atoms with Crippen LogP contribution in [0, 0.1) is 0 Å². The third kappa shape index (κ3) is 10.9. The summed E-state index contributed by atoms with van der Waals surface area (Å²) in [4.78, 5) is 2.42. The van der Waals surface area contributed by atoms with Crippen molar-refractivity contribution in [3.8, 4) is 50.2 Å². The highest BCUT2D eigenvalue weighted by Gasteiger charge is 2.46. The van der Waals surface area contributed by atoms with Gasteiger partial charge in [0, 0.05) is 33.5 Å². The van der Waals surface area contributed by atoms with Gasteiger partial charge in [0.1, 0.15) is 0 Å². The van der Waals surface area contributed by atoms with Crippen LogP contribution in [0.2, 0.25) is 0 Å². The van der Waals surface area contributed by atoms with E-state index < -0.39 is 5.41 Å². The molecule has 15 rings (SSSR count). The van der Waals surface area contributed by atoms with E-state index in [4.69, 9.17) is 9.47 Å². The van der Waals surface area contributed by atoms with Crippen LogP contribution in [0.4, 0.5) is 17.1 Å². The minimum Gasteiger partial charge on any atom is -0.372 e. The highest BCUT2D eigenvalue weighted by Crippen LogP contribution is 2.58. The van der Waals surface area contributed by atoms with Crippen LogP contribution in [0.5, 0.6) is 0 Å². The molecule has 0 saturated heterocycles. The lowest BCUT2D eigenvalue weighted by Gasteiger charge is -2.35. The summed E-state index contributed by atoms with van der Waals surface area (Å²) in [5, 5.41) is 2.36. The third-order valence-electron chi connectivity index (χ3n) is 18.1. The molecule has 0 radical (unpaired) electrons. The molecule has 0 bridgehead atoms. The maximum absolute atomic E-state index is 6.46. The van der Waals surface area contributed by atoms with E-state index in [0.29, 0.717) is 26.4 Å². The summed E-state index contributed by atoms with van der Waals surface area (Å²) in [5.74, 6) is 0. The smallest absolute Gasteiger partial charge is 0.0722 e. The van der Waals surface area contributed by atoms with E-state index in [1.54, 1.807) is 0 Å². The van der Waals surface area contributed by atoms with E-state index in [2.05, 4.69) is 338 Å². The van der Waals surface area contributed by atoms with Crippen molar-refractivity contribution in [2.75, 3.05) is 4.90 Å². The third-order valence-corrected chi connectivity index (χ3v) is 18.1. The van der Waals surface area contributed by atoms with Crippen molar-refractivity contribution in [3.05, 3.63) is 384 Å². The first-order valence-electron chi connectivity index (χ1n) is 31.3. The molecule has 1 heterocycles. The molecule has 0 atom stereocenters. The highest BCUT2D eigenvalue weighted by molar-refractivity contribution is 6.10. The number of fused-ring (bicyclic) bond motifs is 6. The van der Waals surface area contributed by atoms with Crippen LogP contribution in [0.3, 0.4) is 0 Å². The number of hydrogen-bond donors (Lipinski definition) is 0. The summed E-state index contributed by atoms with van der Waals surface area (Å²) in [6.45, 7) is 9.73. The molecule has 0 fully saturated rings. The normalized spacial score (nSPS) is 12.2. The number of nitrogens with zero attached hydrogens (tertiary/aromatic N) is 2. The molecule has 4 nitrogen and oxygen atoms in total. The number of ether oxygens (including phenoxy) is 2. The van der Waals surface area contributed by atoms with Crippen molar-refractivity contribution in [2.45, 2.75) is 31.8 Å². The molecule has 0 N–H and O–H groups in total. The fourth-order valence-electron chi connectivity index (χ4n) is 13.7. The lowest BCUT2D eigenvalue weighted by atomic mass is 9.67. The van der Waals surface area contributed by atoms with E-state index in [0.717, 1.165) is 78.3 Å². The summed E-state index contributed by atoms with van der Waals surface area (Å²) in [7, 11) is 0. The topological polar surface area (TPSA) is 26.6 Å². The largest absolute Gasteiger partial charge is 0.372 e. The second-order valence-electron chi connectivity index (χ2n) is 23.6. The zero-order chi connectivity index (χ0) is 61.1. The van der Waals surface area contributed by atoms with Crippen LogP contribution in [0.1, 0.15) is 55.6 Å². The summed E-state index contributed by atoms with van der Waals surface area (Å²) in [6, 6.07) is 115. The van der Waals surface area contributed by atoms with E-state index in [9.17, 15) is 0 Å². The van der Waals surface area contributed by atoms with Gasteiger partial charge in [0.05, 0.1) is 42.9 Å². The molecule has 436 valence electrons. The summed E-state index contributed by atoms with van der Waals surface area (Å²) in [5.41, 5.74) is 26.8. The van der Waals surface area contributed by atoms with Gasteiger partial charge < -0.3 is 18.9 Å². The van der Waals surface area contributed by atoms with Gasteiger partial charge in [0.25, 0.3) is 0 Å². The van der Waals surface area contributed by atoms with Crippen LogP contribution in [0.15, 0.2) is 329 Å². The van der Waals surface area contributed by atoms with Gasteiger partial charge in [0.2, 0.25) is 0 Å². The van der Waals surface area contributed by atoms with E-state index in [1.807, 2.05) is 12.2 Å². The quantitative estimate of drug-likeness (QED) is 0.0807. The van der Waals surface area contributed by atoms with Gasteiger partial charge in [0.15, 0.2) is 0 Å². The summed E-state index contributed by atoms with van der Waals surface area (Å²) in [6.07, 6.45) is 3.73. The first-order chi connectivity index (χ1) is 45.0. The minimum absolute atomic E-state index is 0.440. The van der Waals surface area contributed by atoms with E-state index in [1.165, 1.54) is 66.4 Å². The highest BCUT2D eigenvalue weighted by atomic mass is 16.5. The maximum Gasteiger partial charge on any atom is 0.0722 e. The Hall–Kier alpha value is -11.1. The van der Waals surface area contributed by atoms with Gasteiger partial charge in [-0.05, 0) is 173 Å². The Kier molecular flexibility index (Phi) is 15.4. The zero-order valence-electron chi connectivity index (χ0n) is 50.6. The molecule has 0 saturated carbocycles. The first-order valence-corrected chi connectivity index (χ1v) is 31.3. The van der Waals surface area contributed by atoms with Crippen LogP contribution in [-0.2, 0) is 41.3 Å². The molecular formula is C87H66N2O2. The molecule has 0 unspecified atom stereocenters. The number of rotatable bonds is 19. The number of aromatic nitrogens is 1. The monoisotopic (exact) mass is 1170 g/mol. The fourth-order valence-corrected chi connectivity index (χ4v) is 13.7. The second kappa shape index (κ2) is 24.8. The molecule has 1 aromatic heterocycles. The van der Waals surface area contributed by atoms with Crippen LogP contribution >= 0.6 is 0 Å². The minimum atomic E-state index is -0.679. The Labute approximate surface area is 533 Å². The predicted molar refractivity (Wildman–Crippen MR) is 379 cm³/mol. The molecule has 0 aliphatic heterocycles. The molecular weight excluding hydrogens is 1100 g/mol. The molecule has 13 aromatic carbocycles. The standard InChI is InChI=1S/C87H66N2O2/c1-3-61-29-33-63(34-30-61)57-90-59-65-51-66(60-91-58-64-35-31-62(4-2)32-36-64)53-78(52-65)89-85-28-18-17-27-81(85)82-54-71(42-50-86(82)89)72-41-48-79-80-49-47-77(56-84(80)87(83(79)55-72,73-23-13-7-14-24-73)74-25-15-8-16-26-74)88(75-43-37-69(38-44-75)67-19-9-5-10-20-67)76-45-39-70(40-46-76)68-21-11-6-12-22-68/h3-56H,1-2,57-60H2. The number of para-hydroxylation sites is 1. The van der Waals surface area contributed by atoms with Gasteiger partial charge in [-0.1, -0.05) is 268 Å². The molecule has 14 aromatic rings. The predicted octanol–water partition coefficient (Wildman–Crippen LogP) is 22.3. The van der Waals surface area contributed by atoms with Gasteiger partial charge in [-0.2, -0.15) is 0 Å². The lowest BCUT2D eigenvalue weighted by Crippen LogP contribution is -2.28. The van der Waals surface area contributed by atoms with E-state index >= 15 is 0 Å². The average molecular weight is 1170 g/mol. The van der Waals surface area contributed by atoms with Crippen LogP contribution in [0.25, 0.3) is 84.2 Å². The summed E-state index contributed by atoms with van der Waals surface area (Å²) >= 11 is 0. The molecule has 4 heteroatoms. The van der Waals surface area contributed by atoms with Gasteiger partial charge in [-0.25, -0.2) is 0 Å². The Balaban J connectivity index is 0.837. The van der Waals surface area contributed by atoms with Gasteiger partial charge in [-0.15, -0.1) is 0 Å². The number of hydrogen-bond acceptors (Lipinski definition) is 3. The van der Waals surface area contributed by atoms with E-state index in [-0.39, 0.29) is 0 Å². The molecule has 1 aliphatic rings. The number of benzene rings is 13. The Morgan fingerprint density at radius 3 is 1.25 bits per heavy atom. The van der Waals surface area contributed by atoms with Crippen molar-refractivity contribution in [1.82, 2.24) is 4.57 Å². The first kappa shape index (κ1) is 56.4. The Morgan fingerprint density at radius 2 is 0.725 bits per heavy atom. The van der Waals surface area contributed by atoms with Crippen molar-refractivity contribution in [1.29, 1.82) is 0 Å². The second-order valence-corrected chi connectivity index (χ2v) is 23.6.